The van der Waals surface area contributed by atoms with Crippen LogP contribution in [-0.4, -0.2) is 26.6 Å². The van der Waals surface area contributed by atoms with Gasteiger partial charge in [-0.2, -0.15) is 5.10 Å². The lowest BCUT2D eigenvalue weighted by atomic mass is 9.73. The second kappa shape index (κ2) is 10.5. The number of nitrogens with zero attached hydrogens (tertiary/aromatic N) is 2. The minimum atomic E-state index is -1.03. The lowest BCUT2D eigenvalue weighted by molar-refractivity contribution is -0.116. The number of benzene rings is 3. The van der Waals surface area contributed by atoms with Gasteiger partial charge in [-0.05, 0) is 66.8 Å². The third-order valence-corrected chi connectivity index (χ3v) is 8.97. The van der Waals surface area contributed by atoms with Gasteiger partial charge in [-0.25, -0.2) is 9.48 Å². The van der Waals surface area contributed by atoms with Gasteiger partial charge in [-0.3, -0.25) is 4.79 Å². The van der Waals surface area contributed by atoms with Crippen LogP contribution in [0.25, 0.3) is 5.69 Å². The topological polar surface area (TPSA) is 93.5 Å². The first-order valence-corrected chi connectivity index (χ1v) is 14.7. The fraction of sp³-hybridized carbons (Fsp3) is 0.147. The average Bonchev–Trinajstić information content (AvgIpc) is 3.65. The summed E-state index contributed by atoms with van der Waals surface area (Å²) in [5, 5.41) is 20.4. The number of carboxylic acids is 1. The Balaban J connectivity index is 1.40. The SMILES string of the molecule is Cc1nn(-c2ccccc2C(=O)O)c2c1C(c1cccc(Oc3ccccc3)c1)C1=C(CC(c3cccs3)CC1=O)N2. The third-order valence-electron chi connectivity index (χ3n) is 7.94. The summed E-state index contributed by atoms with van der Waals surface area (Å²) in [6, 6.07) is 28.4. The Morgan fingerprint density at radius 2 is 1.76 bits per heavy atom. The molecular formula is C34H27N3O4S. The number of aryl methyl sites for hydroxylation is 1. The zero-order valence-corrected chi connectivity index (χ0v) is 23.6. The highest BCUT2D eigenvalue weighted by Crippen LogP contribution is 2.50. The van der Waals surface area contributed by atoms with Gasteiger partial charge >= 0.3 is 5.97 Å². The Hall–Kier alpha value is -4.95. The molecule has 1 aliphatic carbocycles. The molecular weight excluding hydrogens is 546 g/mol. The van der Waals surface area contributed by atoms with Gasteiger partial charge < -0.3 is 15.2 Å². The first-order chi connectivity index (χ1) is 20.5. The Morgan fingerprint density at radius 1 is 0.976 bits per heavy atom. The summed E-state index contributed by atoms with van der Waals surface area (Å²) in [6.07, 6.45) is 1.10. The number of Topliss-reactive ketones (excluding diaryl/α,β-unsaturated/α-hetero) is 1. The van der Waals surface area contributed by atoms with Gasteiger partial charge in [-0.1, -0.05) is 48.5 Å². The number of hydrogen-bond donors (Lipinski definition) is 2. The molecule has 1 aliphatic heterocycles. The Morgan fingerprint density at radius 3 is 2.55 bits per heavy atom. The number of para-hydroxylation sites is 2. The lowest BCUT2D eigenvalue weighted by Crippen LogP contribution is -2.30. The highest BCUT2D eigenvalue weighted by atomic mass is 32.1. The molecule has 8 heteroatoms. The van der Waals surface area contributed by atoms with Crippen molar-refractivity contribution >= 4 is 28.9 Å². The molecule has 0 bridgehead atoms. The van der Waals surface area contributed by atoms with Crippen LogP contribution in [0.2, 0.25) is 0 Å². The maximum atomic E-state index is 14.0. The molecule has 208 valence electrons. The second-order valence-electron chi connectivity index (χ2n) is 10.6. The molecule has 2 atom stereocenters. The van der Waals surface area contributed by atoms with E-state index in [2.05, 4.69) is 11.4 Å². The van der Waals surface area contributed by atoms with E-state index in [1.54, 1.807) is 40.3 Å². The first-order valence-electron chi connectivity index (χ1n) is 13.8. The number of thiophene rings is 1. The Kier molecular flexibility index (Phi) is 6.47. The summed E-state index contributed by atoms with van der Waals surface area (Å²) in [4.78, 5) is 27.3. The number of ketones is 1. The first kappa shape index (κ1) is 26.0. The number of anilines is 1. The van der Waals surface area contributed by atoms with Gasteiger partial charge in [0.05, 0.1) is 16.9 Å². The van der Waals surface area contributed by atoms with Crippen molar-refractivity contribution in [2.24, 2.45) is 0 Å². The normalized spacial score (nSPS) is 17.8. The molecule has 2 aromatic heterocycles. The summed E-state index contributed by atoms with van der Waals surface area (Å²) < 4.78 is 7.85. The molecule has 0 radical (unpaired) electrons. The lowest BCUT2D eigenvalue weighted by Gasteiger charge is -2.35. The number of carbonyl (C=O) groups excluding carboxylic acids is 1. The van der Waals surface area contributed by atoms with Gasteiger partial charge in [-0.15, -0.1) is 11.3 Å². The van der Waals surface area contributed by atoms with Crippen molar-refractivity contribution in [3.63, 3.8) is 0 Å². The molecule has 3 aromatic carbocycles. The highest BCUT2D eigenvalue weighted by molar-refractivity contribution is 7.10. The average molecular weight is 574 g/mol. The molecule has 0 spiro atoms. The molecule has 0 saturated heterocycles. The number of aromatic carboxylic acids is 1. The summed E-state index contributed by atoms with van der Waals surface area (Å²) in [6.45, 7) is 1.91. The van der Waals surface area contributed by atoms with Crippen molar-refractivity contribution in [1.29, 1.82) is 0 Å². The molecule has 0 amide bonds. The predicted octanol–water partition coefficient (Wildman–Crippen LogP) is 7.69. The number of carbonyl (C=O) groups is 2. The molecule has 2 aliphatic rings. The summed E-state index contributed by atoms with van der Waals surface area (Å²) in [7, 11) is 0. The van der Waals surface area contributed by atoms with Crippen LogP contribution in [0.4, 0.5) is 5.82 Å². The van der Waals surface area contributed by atoms with Crippen molar-refractivity contribution in [3.05, 3.63) is 135 Å². The molecule has 2 N–H and O–H groups in total. The van der Waals surface area contributed by atoms with E-state index in [0.29, 0.717) is 30.1 Å². The molecule has 42 heavy (non-hydrogen) atoms. The maximum Gasteiger partial charge on any atom is 0.337 e. The maximum absolute atomic E-state index is 14.0. The number of carboxylic acid groups (broad SMARTS) is 1. The summed E-state index contributed by atoms with van der Waals surface area (Å²) in [5.74, 6) is 0.824. The minimum Gasteiger partial charge on any atom is -0.478 e. The summed E-state index contributed by atoms with van der Waals surface area (Å²) >= 11 is 1.66. The molecule has 5 aromatic rings. The molecule has 7 rings (SSSR count). The fourth-order valence-corrected chi connectivity index (χ4v) is 6.96. The van der Waals surface area contributed by atoms with E-state index < -0.39 is 11.9 Å². The number of aromatic nitrogens is 2. The van der Waals surface area contributed by atoms with E-state index in [-0.39, 0.29) is 17.3 Å². The van der Waals surface area contributed by atoms with Crippen molar-refractivity contribution in [2.75, 3.05) is 5.32 Å². The van der Waals surface area contributed by atoms with Gasteiger partial charge in [0.1, 0.15) is 17.3 Å². The molecule has 0 saturated carbocycles. The Bertz CT molecular complexity index is 1860. The molecule has 3 heterocycles. The summed E-state index contributed by atoms with van der Waals surface area (Å²) in [5.41, 5.74) is 4.69. The van der Waals surface area contributed by atoms with E-state index >= 15 is 0 Å². The van der Waals surface area contributed by atoms with E-state index in [9.17, 15) is 14.7 Å². The quantitative estimate of drug-likeness (QED) is 0.216. The molecule has 7 nitrogen and oxygen atoms in total. The number of fused-ring (bicyclic) bond motifs is 1. The zero-order valence-electron chi connectivity index (χ0n) is 22.8. The van der Waals surface area contributed by atoms with Crippen LogP contribution in [0.1, 0.15) is 56.7 Å². The second-order valence-corrected chi connectivity index (χ2v) is 11.5. The van der Waals surface area contributed by atoms with Crippen LogP contribution in [0.5, 0.6) is 11.5 Å². The fourth-order valence-electron chi connectivity index (χ4n) is 6.13. The standard InChI is InChI=1S/C34H27N3O4S/c1-20-30-31(21-9-7-12-24(17-21)41-23-10-3-2-4-11-23)32-26(18-22(19-28(32)38)29-15-8-16-42-29)35-33(30)37(36-20)27-14-6-5-13-25(27)34(39)40/h2-17,22,31,35H,18-19H2,1H3,(H,39,40). The third kappa shape index (κ3) is 4.50. The van der Waals surface area contributed by atoms with Crippen LogP contribution in [0.3, 0.4) is 0 Å². The van der Waals surface area contributed by atoms with E-state index in [1.165, 1.54) is 4.88 Å². The van der Waals surface area contributed by atoms with E-state index in [1.807, 2.05) is 73.0 Å². The van der Waals surface area contributed by atoms with Crippen molar-refractivity contribution in [3.8, 4) is 17.2 Å². The van der Waals surface area contributed by atoms with Crippen LogP contribution in [-0.2, 0) is 4.79 Å². The molecule has 0 fully saturated rings. The smallest absolute Gasteiger partial charge is 0.337 e. The number of hydrogen-bond acceptors (Lipinski definition) is 6. The van der Waals surface area contributed by atoms with Crippen molar-refractivity contribution in [1.82, 2.24) is 9.78 Å². The van der Waals surface area contributed by atoms with Crippen LogP contribution >= 0.6 is 11.3 Å². The van der Waals surface area contributed by atoms with Crippen LogP contribution in [0.15, 0.2) is 108 Å². The largest absolute Gasteiger partial charge is 0.478 e. The van der Waals surface area contributed by atoms with Gasteiger partial charge in [0.2, 0.25) is 0 Å². The zero-order chi connectivity index (χ0) is 28.8. The van der Waals surface area contributed by atoms with Crippen molar-refractivity contribution in [2.45, 2.75) is 31.6 Å². The Labute approximate surface area is 246 Å². The predicted molar refractivity (Wildman–Crippen MR) is 162 cm³/mol. The monoisotopic (exact) mass is 573 g/mol. The van der Waals surface area contributed by atoms with Gasteiger partial charge in [0.25, 0.3) is 0 Å². The van der Waals surface area contributed by atoms with Gasteiger partial charge in [0, 0.05) is 40.0 Å². The number of ether oxygens (including phenoxy) is 1. The van der Waals surface area contributed by atoms with E-state index in [0.717, 1.165) is 33.8 Å². The highest BCUT2D eigenvalue weighted by Gasteiger charge is 2.41. The van der Waals surface area contributed by atoms with Crippen molar-refractivity contribution < 1.29 is 19.4 Å². The van der Waals surface area contributed by atoms with E-state index in [4.69, 9.17) is 9.84 Å². The minimum absolute atomic E-state index is 0.0717. The number of rotatable bonds is 6. The number of allylic oxidation sites excluding steroid dienone is 2. The van der Waals surface area contributed by atoms with Gasteiger partial charge in [0.15, 0.2) is 5.78 Å². The van der Waals surface area contributed by atoms with Crippen LogP contribution < -0.4 is 10.1 Å². The van der Waals surface area contributed by atoms with Crippen LogP contribution in [0, 0.1) is 6.92 Å². The molecule has 2 unspecified atom stereocenters. The number of nitrogens with one attached hydrogen (secondary N) is 1.